The molecule has 0 aliphatic heterocycles. The molecule has 0 bridgehead atoms. The molecule has 68 heavy (non-hydrogen) atoms. The van der Waals surface area contributed by atoms with Crippen LogP contribution >= 0.6 is 0 Å². The lowest BCUT2D eigenvalue weighted by Gasteiger charge is -2.18. The first kappa shape index (κ1) is 63.8. The van der Waals surface area contributed by atoms with Crippen LogP contribution in [-0.4, -0.2) is 37.2 Å². The van der Waals surface area contributed by atoms with Gasteiger partial charge in [0.15, 0.2) is 6.10 Å². The standard InChI is InChI=1S/C62H100O6/c1-4-7-10-13-16-19-22-25-28-30-31-33-34-37-40-43-46-49-52-55-61(64)67-58-59(57-66-60(63)54-51-48-45-42-39-36-27-24-21-18-15-12-9-6-3)68-62(65)56-53-50-47-44-41-38-35-32-29-26-23-20-17-14-11-8-5-2/h7,9-10,12,16-21,25-29,31,33,36-37,40,59H,4-6,8,11,13-15,22-24,30,32,34-35,38-39,41-58H2,1-3H3/b10-7-,12-9-,19-16-,20-17-,21-18-,28-25-,29-26-,33-31-,36-27-,40-37-. The predicted molar refractivity (Wildman–Crippen MR) is 293 cm³/mol. The van der Waals surface area contributed by atoms with Crippen molar-refractivity contribution in [2.24, 2.45) is 0 Å². The molecule has 1 atom stereocenters. The molecule has 0 aliphatic carbocycles. The van der Waals surface area contributed by atoms with Crippen LogP contribution in [0.2, 0.25) is 0 Å². The Morgan fingerprint density at radius 2 is 0.574 bits per heavy atom. The van der Waals surface area contributed by atoms with Gasteiger partial charge in [-0.05, 0) is 128 Å². The molecule has 0 heterocycles. The number of unbranched alkanes of at least 4 members (excludes halogenated alkanes) is 17. The summed E-state index contributed by atoms with van der Waals surface area (Å²) in [6, 6.07) is 0. The van der Waals surface area contributed by atoms with Gasteiger partial charge in [0.1, 0.15) is 13.2 Å². The smallest absolute Gasteiger partial charge is 0.306 e. The second-order valence-electron chi connectivity index (χ2n) is 17.7. The van der Waals surface area contributed by atoms with Crippen LogP contribution in [-0.2, 0) is 28.6 Å². The Labute approximate surface area is 418 Å². The van der Waals surface area contributed by atoms with E-state index in [0.29, 0.717) is 19.3 Å². The van der Waals surface area contributed by atoms with Gasteiger partial charge in [0, 0.05) is 19.3 Å². The highest BCUT2D eigenvalue weighted by molar-refractivity contribution is 5.71. The highest BCUT2D eigenvalue weighted by Gasteiger charge is 2.19. The fourth-order valence-corrected chi connectivity index (χ4v) is 7.10. The number of allylic oxidation sites excluding steroid dienone is 20. The third kappa shape index (κ3) is 52.8. The van der Waals surface area contributed by atoms with E-state index in [1.165, 1.54) is 51.4 Å². The second-order valence-corrected chi connectivity index (χ2v) is 17.7. The molecule has 0 rings (SSSR count). The molecule has 0 fully saturated rings. The van der Waals surface area contributed by atoms with Crippen molar-refractivity contribution in [3.8, 4) is 0 Å². The Morgan fingerprint density at radius 3 is 0.912 bits per heavy atom. The zero-order valence-corrected chi connectivity index (χ0v) is 43.8. The fraction of sp³-hybridized carbons (Fsp3) is 0.629. The molecule has 0 aromatic carbocycles. The van der Waals surface area contributed by atoms with Gasteiger partial charge in [0.25, 0.3) is 0 Å². The molecule has 0 N–H and O–H groups in total. The third-order valence-electron chi connectivity index (χ3n) is 11.2. The van der Waals surface area contributed by atoms with Gasteiger partial charge in [-0.2, -0.15) is 0 Å². The van der Waals surface area contributed by atoms with E-state index in [-0.39, 0.29) is 31.1 Å². The molecule has 0 aromatic rings. The minimum Gasteiger partial charge on any atom is -0.462 e. The quantitative estimate of drug-likeness (QED) is 0.0262. The number of carbonyl (C=O) groups is 3. The molecule has 0 aliphatic rings. The van der Waals surface area contributed by atoms with E-state index in [1.54, 1.807) is 0 Å². The predicted octanol–water partition coefficient (Wildman–Crippen LogP) is 18.5. The molecule has 0 amide bonds. The van der Waals surface area contributed by atoms with Crippen molar-refractivity contribution >= 4 is 17.9 Å². The van der Waals surface area contributed by atoms with Gasteiger partial charge in [0.05, 0.1) is 0 Å². The number of carbonyl (C=O) groups excluding carboxylic acids is 3. The lowest BCUT2D eigenvalue weighted by molar-refractivity contribution is -0.167. The number of esters is 3. The molecule has 384 valence electrons. The second kappa shape index (κ2) is 55.4. The Bertz CT molecular complexity index is 1450. The zero-order valence-electron chi connectivity index (χ0n) is 43.8. The van der Waals surface area contributed by atoms with E-state index >= 15 is 0 Å². The number of ether oxygens (including phenoxy) is 3. The van der Waals surface area contributed by atoms with Crippen LogP contribution in [0.4, 0.5) is 0 Å². The molecule has 1 unspecified atom stereocenters. The minimum atomic E-state index is -0.809. The molecular formula is C62H100O6. The maximum absolute atomic E-state index is 12.8. The average molecular weight is 941 g/mol. The molecule has 6 nitrogen and oxygen atoms in total. The highest BCUT2D eigenvalue weighted by Crippen LogP contribution is 2.13. The average Bonchev–Trinajstić information content (AvgIpc) is 3.34. The first-order valence-corrected chi connectivity index (χ1v) is 27.5. The van der Waals surface area contributed by atoms with E-state index in [4.69, 9.17) is 14.2 Å². The van der Waals surface area contributed by atoms with Crippen molar-refractivity contribution in [2.45, 2.75) is 239 Å². The Balaban J connectivity index is 4.51. The van der Waals surface area contributed by atoms with E-state index < -0.39 is 6.10 Å². The monoisotopic (exact) mass is 941 g/mol. The van der Waals surface area contributed by atoms with Crippen molar-refractivity contribution < 1.29 is 28.6 Å². The first-order chi connectivity index (χ1) is 33.5. The molecule has 6 heteroatoms. The van der Waals surface area contributed by atoms with E-state index in [2.05, 4.69) is 142 Å². The van der Waals surface area contributed by atoms with Crippen LogP contribution in [0.1, 0.15) is 233 Å². The molecule has 0 radical (unpaired) electrons. The summed E-state index contributed by atoms with van der Waals surface area (Å²) in [5.41, 5.74) is 0. The van der Waals surface area contributed by atoms with Crippen LogP contribution in [0, 0.1) is 0 Å². The summed E-state index contributed by atoms with van der Waals surface area (Å²) in [6.45, 7) is 6.32. The summed E-state index contributed by atoms with van der Waals surface area (Å²) in [4.78, 5) is 38.1. The van der Waals surface area contributed by atoms with Gasteiger partial charge in [-0.25, -0.2) is 0 Å². The summed E-state index contributed by atoms with van der Waals surface area (Å²) in [7, 11) is 0. The summed E-state index contributed by atoms with van der Waals surface area (Å²) in [6.07, 6.45) is 76.1. The topological polar surface area (TPSA) is 78.9 Å². The Kier molecular flexibility index (Phi) is 52.0. The maximum Gasteiger partial charge on any atom is 0.306 e. The molecular weight excluding hydrogens is 841 g/mol. The normalized spacial score (nSPS) is 13.0. The summed E-state index contributed by atoms with van der Waals surface area (Å²) in [5, 5.41) is 0. The Morgan fingerprint density at radius 1 is 0.309 bits per heavy atom. The van der Waals surface area contributed by atoms with Gasteiger partial charge in [-0.15, -0.1) is 0 Å². The first-order valence-electron chi connectivity index (χ1n) is 27.5. The van der Waals surface area contributed by atoms with Crippen molar-refractivity contribution in [3.63, 3.8) is 0 Å². The lowest BCUT2D eigenvalue weighted by Crippen LogP contribution is -2.30. The van der Waals surface area contributed by atoms with Crippen molar-refractivity contribution in [1.29, 1.82) is 0 Å². The largest absolute Gasteiger partial charge is 0.462 e. The minimum absolute atomic E-state index is 0.107. The van der Waals surface area contributed by atoms with Crippen LogP contribution in [0.3, 0.4) is 0 Å². The van der Waals surface area contributed by atoms with Crippen LogP contribution in [0.15, 0.2) is 122 Å². The molecule has 0 aromatic heterocycles. The van der Waals surface area contributed by atoms with Crippen molar-refractivity contribution in [2.75, 3.05) is 13.2 Å². The van der Waals surface area contributed by atoms with Crippen molar-refractivity contribution in [1.82, 2.24) is 0 Å². The summed E-state index contributed by atoms with van der Waals surface area (Å²) < 4.78 is 16.8. The SMILES string of the molecule is CC/C=C\C/C=C\C/C=C\C/C=C\C/C=C\CCCCCC(=O)OCC(COC(=O)CCCCCC/C=C\C/C=C\C/C=C\CC)OC(=O)CCCCCCCCC/C=C\C/C=C\CCCCC. The number of hydrogen-bond acceptors (Lipinski definition) is 6. The van der Waals surface area contributed by atoms with Gasteiger partial charge in [0.2, 0.25) is 0 Å². The zero-order chi connectivity index (χ0) is 49.3. The molecule has 0 saturated carbocycles. The van der Waals surface area contributed by atoms with Crippen LogP contribution < -0.4 is 0 Å². The van der Waals surface area contributed by atoms with Gasteiger partial charge < -0.3 is 14.2 Å². The lowest BCUT2D eigenvalue weighted by atomic mass is 10.1. The highest BCUT2D eigenvalue weighted by atomic mass is 16.6. The van der Waals surface area contributed by atoms with Gasteiger partial charge in [-0.3, -0.25) is 14.4 Å². The molecule has 0 saturated heterocycles. The van der Waals surface area contributed by atoms with E-state index in [1.807, 2.05) is 0 Å². The fourth-order valence-electron chi connectivity index (χ4n) is 7.10. The molecule has 0 spiro atoms. The van der Waals surface area contributed by atoms with Crippen molar-refractivity contribution in [3.05, 3.63) is 122 Å². The number of rotatable bonds is 48. The van der Waals surface area contributed by atoms with Gasteiger partial charge in [-0.1, -0.05) is 206 Å². The van der Waals surface area contributed by atoms with E-state index in [0.717, 1.165) is 141 Å². The van der Waals surface area contributed by atoms with Crippen LogP contribution in [0.5, 0.6) is 0 Å². The Hall–Kier alpha value is -4.19. The maximum atomic E-state index is 12.8. The third-order valence-corrected chi connectivity index (χ3v) is 11.2. The van der Waals surface area contributed by atoms with Gasteiger partial charge >= 0.3 is 17.9 Å². The summed E-state index contributed by atoms with van der Waals surface area (Å²) >= 11 is 0. The van der Waals surface area contributed by atoms with Crippen LogP contribution in [0.25, 0.3) is 0 Å². The van der Waals surface area contributed by atoms with E-state index in [9.17, 15) is 14.4 Å². The number of hydrogen-bond donors (Lipinski definition) is 0. The summed E-state index contributed by atoms with van der Waals surface area (Å²) in [5.74, 6) is -0.972.